The maximum atomic E-state index is 13.3. The zero-order valence-electron chi connectivity index (χ0n) is 22.9. The lowest BCUT2D eigenvalue weighted by Gasteiger charge is -2.12. The summed E-state index contributed by atoms with van der Waals surface area (Å²) in [6.45, 7) is 0. The molecule has 0 radical (unpaired) electrons. The molecule has 0 aliphatic carbocycles. The van der Waals surface area contributed by atoms with Gasteiger partial charge in [-0.05, 0) is 70.9 Å². The number of nitrogens with one attached hydrogen (secondary N) is 3. The summed E-state index contributed by atoms with van der Waals surface area (Å²) < 4.78 is 5.28. The molecule has 5 rings (SSSR count). The number of hydrogen-bond acceptors (Lipinski definition) is 8. The van der Waals surface area contributed by atoms with Crippen LogP contribution in [0.1, 0.15) is 15.9 Å². The average molecular weight is 627 g/mol. The molecule has 216 valence electrons. The van der Waals surface area contributed by atoms with Gasteiger partial charge in [-0.15, -0.1) is 23.1 Å². The molecule has 5 aromatic rings. The van der Waals surface area contributed by atoms with Gasteiger partial charge in [0.1, 0.15) is 11.4 Å². The van der Waals surface area contributed by atoms with E-state index in [-0.39, 0.29) is 23.3 Å². The molecule has 0 fully saturated rings. The first-order valence-electron chi connectivity index (χ1n) is 13.0. The van der Waals surface area contributed by atoms with Crippen LogP contribution in [0.25, 0.3) is 17.3 Å². The SMILES string of the molecule is COc1cccc(-c2csc(NC(=O)CSc3cccc(NC(=O)/C(=C/c4ccsc4)NC(=O)c4ccccc4)c3)n2)c1. The van der Waals surface area contributed by atoms with Gasteiger partial charge in [-0.25, -0.2) is 4.98 Å². The molecule has 3 N–H and O–H groups in total. The Morgan fingerprint density at radius 2 is 1.77 bits per heavy atom. The number of anilines is 2. The van der Waals surface area contributed by atoms with Crippen molar-refractivity contribution in [2.24, 2.45) is 0 Å². The number of amides is 3. The Morgan fingerprint density at radius 3 is 2.56 bits per heavy atom. The lowest BCUT2D eigenvalue weighted by molar-refractivity contribution is -0.114. The molecule has 0 bridgehead atoms. The van der Waals surface area contributed by atoms with Gasteiger partial charge in [0.25, 0.3) is 11.8 Å². The molecule has 0 saturated heterocycles. The summed E-state index contributed by atoms with van der Waals surface area (Å²) in [4.78, 5) is 44.0. The molecule has 8 nitrogen and oxygen atoms in total. The summed E-state index contributed by atoms with van der Waals surface area (Å²) >= 11 is 4.17. The highest BCUT2D eigenvalue weighted by molar-refractivity contribution is 8.00. The number of carbonyl (C=O) groups excluding carboxylic acids is 3. The van der Waals surface area contributed by atoms with Gasteiger partial charge >= 0.3 is 0 Å². The van der Waals surface area contributed by atoms with Crippen molar-refractivity contribution in [3.8, 4) is 17.0 Å². The Hall–Kier alpha value is -4.71. The molecule has 0 atom stereocenters. The van der Waals surface area contributed by atoms with Crippen LogP contribution in [0.4, 0.5) is 10.8 Å². The largest absolute Gasteiger partial charge is 0.497 e. The van der Waals surface area contributed by atoms with Crippen LogP contribution in [0.5, 0.6) is 5.75 Å². The molecule has 0 unspecified atom stereocenters. The molecule has 0 saturated carbocycles. The summed E-state index contributed by atoms with van der Waals surface area (Å²) in [5.74, 6) is -0.162. The normalized spacial score (nSPS) is 11.0. The second-order valence-corrected chi connectivity index (χ2v) is 11.7. The summed E-state index contributed by atoms with van der Waals surface area (Å²) in [5.41, 5.74) is 3.54. The van der Waals surface area contributed by atoms with Crippen molar-refractivity contribution in [3.63, 3.8) is 0 Å². The van der Waals surface area contributed by atoms with Crippen molar-refractivity contribution in [2.45, 2.75) is 4.90 Å². The zero-order chi connectivity index (χ0) is 30.0. The van der Waals surface area contributed by atoms with Crippen LogP contribution in [-0.2, 0) is 9.59 Å². The first kappa shape index (κ1) is 29.8. The van der Waals surface area contributed by atoms with Gasteiger partial charge in [0, 0.05) is 27.1 Å². The third kappa shape index (κ3) is 8.41. The van der Waals surface area contributed by atoms with E-state index >= 15 is 0 Å². The fraction of sp³-hybridized carbons (Fsp3) is 0.0625. The topological polar surface area (TPSA) is 109 Å². The molecular formula is C32H26N4O4S3. The van der Waals surface area contributed by atoms with Gasteiger partial charge in [-0.1, -0.05) is 36.4 Å². The van der Waals surface area contributed by atoms with E-state index in [4.69, 9.17) is 4.74 Å². The smallest absolute Gasteiger partial charge is 0.272 e. The Bertz CT molecular complexity index is 1750. The predicted molar refractivity (Wildman–Crippen MR) is 175 cm³/mol. The Kier molecular flexibility index (Phi) is 10.0. The minimum Gasteiger partial charge on any atom is -0.497 e. The van der Waals surface area contributed by atoms with Crippen LogP contribution in [0.15, 0.2) is 112 Å². The maximum Gasteiger partial charge on any atom is 0.272 e. The maximum absolute atomic E-state index is 13.3. The lowest BCUT2D eigenvalue weighted by atomic mass is 10.2. The molecule has 0 aliphatic rings. The predicted octanol–water partition coefficient (Wildman–Crippen LogP) is 7.02. The number of carbonyl (C=O) groups is 3. The van der Waals surface area contributed by atoms with E-state index in [0.29, 0.717) is 16.4 Å². The molecule has 0 spiro atoms. The van der Waals surface area contributed by atoms with E-state index in [2.05, 4.69) is 20.9 Å². The highest BCUT2D eigenvalue weighted by Gasteiger charge is 2.16. The number of thiophene rings is 1. The van der Waals surface area contributed by atoms with Gasteiger partial charge in [0.15, 0.2) is 5.13 Å². The zero-order valence-corrected chi connectivity index (χ0v) is 25.4. The Balaban J connectivity index is 1.19. The molecular weight excluding hydrogens is 601 g/mol. The van der Waals surface area contributed by atoms with Crippen molar-refractivity contribution in [1.82, 2.24) is 10.3 Å². The van der Waals surface area contributed by atoms with Crippen LogP contribution >= 0.6 is 34.4 Å². The molecule has 43 heavy (non-hydrogen) atoms. The van der Waals surface area contributed by atoms with Crippen molar-refractivity contribution in [3.05, 3.63) is 118 Å². The number of thioether (sulfide) groups is 1. The fourth-order valence-corrected chi connectivity index (χ4v) is 5.99. The van der Waals surface area contributed by atoms with Gasteiger partial charge in [-0.2, -0.15) is 11.3 Å². The average Bonchev–Trinajstić information content (AvgIpc) is 3.73. The second kappa shape index (κ2) is 14.5. The molecule has 3 amide bonds. The quantitative estimate of drug-likeness (QED) is 0.107. The number of rotatable bonds is 11. The number of ether oxygens (including phenoxy) is 1. The van der Waals surface area contributed by atoms with E-state index in [1.54, 1.807) is 55.7 Å². The van der Waals surface area contributed by atoms with E-state index in [1.807, 2.05) is 58.6 Å². The third-order valence-corrected chi connectivity index (χ3v) is 8.41. The second-order valence-electron chi connectivity index (χ2n) is 9.02. The molecule has 11 heteroatoms. The number of thiazole rings is 1. The van der Waals surface area contributed by atoms with Crippen molar-refractivity contribution < 1.29 is 19.1 Å². The van der Waals surface area contributed by atoms with Crippen molar-refractivity contribution in [2.75, 3.05) is 23.5 Å². The van der Waals surface area contributed by atoms with Gasteiger partial charge in [0.05, 0.1) is 18.6 Å². The summed E-state index contributed by atoms with van der Waals surface area (Å²) in [5, 5.41) is 14.6. The lowest BCUT2D eigenvalue weighted by Crippen LogP contribution is -2.30. The minimum atomic E-state index is -0.467. The molecule has 0 aliphatic heterocycles. The molecule has 3 aromatic carbocycles. The van der Waals surface area contributed by atoms with Crippen LogP contribution in [-0.4, -0.2) is 35.6 Å². The first-order valence-corrected chi connectivity index (χ1v) is 15.8. The summed E-state index contributed by atoms with van der Waals surface area (Å²) in [7, 11) is 1.61. The number of nitrogens with zero attached hydrogens (tertiary/aromatic N) is 1. The van der Waals surface area contributed by atoms with Crippen molar-refractivity contribution >= 4 is 69.1 Å². The number of benzene rings is 3. The monoisotopic (exact) mass is 626 g/mol. The highest BCUT2D eigenvalue weighted by Crippen LogP contribution is 2.28. The fourth-order valence-electron chi connectivity index (χ4n) is 3.88. The summed E-state index contributed by atoms with van der Waals surface area (Å²) in [6.07, 6.45) is 1.63. The van der Waals surface area contributed by atoms with Crippen LogP contribution in [0, 0.1) is 0 Å². The summed E-state index contributed by atoms with van der Waals surface area (Å²) in [6, 6.07) is 25.3. The van der Waals surface area contributed by atoms with E-state index in [9.17, 15) is 14.4 Å². The molecule has 2 aromatic heterocycles. The van der Waals surface area contributed by atoms with Crippen LogP contribution in [0.2, 0.25) is 0 Å². The number of aromatic nitrogens is 1. The standard InChI is InChI=1S/C32H26N4O4S3/c1-40-25-11-5-9-23(16-25)28-19-43-32(35-28)36-29(37)20-42-26-12-6-10-24(17-26)33-31(39)27(15-21-13-14-41-18-21)34-30(38)22-7-3-2-4-8-22/h2-19H,20H2,1H3,(H,33,39)(H,34,38)(H,35,36,37)/b27-15-. The number of methoxy groups -OCH3 is 1. The third-order valence-electron chi connectivity index (χ3n) is 5.96. The first-order chi connectivity index (χ1) is 21.0. The van der Waals surface area contributed by atoms with Crippen molar-refractivity contribution in [1.29, 1.82) is 0 Å². The number of hydrogen-bond donors (Lipinski definition) is 3. The van der Waals surface area contributed by atoms with E-state index in [0.717, 1.165) is 27.5 Å². The van der Waals surface area contributed by atoms with E-state index in [1.165, 1.54) is 34.4 Å². The van der Waals surface area contributed by atoms with Crippen LogP contribution in [0.3, 0.4) is 0 Å². The minimum absolute atomic E-state index is 0.112. The van der Waals surface area contributed by atoms with Gasteiger partial charge in [0.2, 0.25) is 5.91 Å². The molecule has 2 heterocycles. The van der Waals surface area contributed by atoms with Gasteiger partial charge in [-0.3, -0.25) is 14.4 Å². The Labute approximate surface area is 260 Å². The van der Waals surface area contributed by atoms with Crippen LogP contribution < -0.4 is 20.7 Å². The Morgan fingerprint density at radius 1 is 0.930 bits per heavy atom. The van der Waals surface area contributed by atoms with E-state index < -0.39 is 5.91 Å². The van der Waals surface area contributed by atoms with Gasteiger partial charge < -0.3 is 20.7 Å². The highest BCUT2D eigenvalue weighted by atomic mass is 32.2.